The molecule has 2 N–H and O–H groups in total. The molecule has 0 aliphatic carbocycles. The van der Waals surface area contributed by atoms with Crippen LogP contribution < -0.4 is 10.8 Å². The van der Waals surface area contributed by atoms with Gasteiger partial charge in [-0.3, -0.25) is 0 Å². The number of rotatable bonds is 4. The van der Waals surface area contributed by atoms with Crippen LogP contribution in [0.3, 0.4) is 0 Å². The second kappa shape index (κ2) is 6.21. The Balaban J connectivity index is 1.90. The van der Waals surface area contributed by atoms with Crippen molar-refractivity contribution in [1.82, 2.24) is 0 Å². The van der Waals surface area contributed by atoms with E-state index in [1.54, 1.807) is 0 Å². The SMILES string of the molecule is Cc1ccc(N2CCC(CCON)CC2)cc1C. The molecule has 3 nitrogen and oxygen atoms in total. The Morgan fingerprint density at radius 2 is 1.94 bits per heavy atom. The van der Waals surface area contributed by atoms with Crippen molar-refractivity contribution in [3.8, 4) is 0 Å². The number of hydrogen-bond acceptors (Lipinski definition) is 3. The average Bonchev–Trinajstić information content (AvgIpc) is 2.40. The Hall–Kier alpha value is -1.06. The minimum absolute atomic E-state index is 0.689. The van der Waals surface area contributed by atoms with Gasteiger partial charge in [-0.2, -0.15) is 0 Å². The normalized spacial score (nSPS) is 17.2. The van der Waals surface area contributed by atoms with Crippen LogP contribution in [0.25, 0.3) is 0 Å². The van der Waals surface area contributed by atoms with Gasteiger partial charge in [0.25, 0.3) is 0 Å². The van der Waals surface area contributed by atoms with Crippen LogP contribution in [0.15, 0.2) is 18.2 Å². The highest BCUT2D eigenvalue weighted by atomic mass is 16.6. The van der Waals surface area contributed by atoms with Crippen molar-refractivity contribution in [2.75, 3.05) is 24.6 Å². The van der Waals surface area contributed by atoms with Crippen molar-refractivity contribution < 1.29 is 4.84 Å². The van der Waals surface area contributed by atoms with E-state index in [-0.39, 0.29) is 0 Å². The number of benzene rings is 1. The standard InChI is InChI=1S/C15H24N2O/c1-12-3-4-15(11-13(12)2)17-8-5-14(6-9-17)7-10-18-16/h3-4,11,14H,5-10,16H2,1-2H3. The topological polar surface area (TPSA) is 38.5 Å². The molecule has 1 aliphatic heterocycles. The van der Waals surface area contributed by atoms with Gasteiger partial charge >= 0.3 is 0 Å². The summed E-state index contributed by atoms with van der Waals surface area (Å²) in [6.07, 6.45) is 3.59. The molecule has 1 heterocycles. The fraction of sp³-hybridized carbons (Fsp3) is 0.600. The molecule has 0 bridgehead atoms. The van der Waals surface area contributed by atoms with E-state index in [0.29, 0.717) is 6.61 Å². The van der Waals surface area contributed by atoms with E-state index >= 15 is 0 Å². The number of anilines is 1. The van der Waals surface area contributed by atoms with Gasteiger partial charge in [-0.25, -0.2) is 5.90 Å². The molecule has 2 rings (SSSR count). The van der Waals surface area contributed by atoms with Crippen molar-refractivity contribution >= 4 is 5.69 Å². The molecule has 1 aromatic carbocycles. The Morgan fingerprint density at radius 3 is 2.56 bits per heavy atom. The van der Waals surface area contributed by atoms with Gasteiger partial charge in [0, 0.05) is 18.8 Å². The number of hydrogen-bond donors (Lipinski definition) is 1. The van der Waals surface area contributed by atoms with Crippen molar-refractivity contribution in [3.63, 3.8) is 0 Å². The summed E-state index contributed by atoms with van der Waals surface area (Å²) in [6, 6.07) is 6.77. The van der Waals surface area contributed by atoms with Crippen LogP contribution in [0.2, 0.25) is 0 Å². The zero-order chi connectivity index (χ0) is 13.0. The van der Waals surface area contributed by atoms with Crippen molar-refractivity contribution in [3.05, 3.63) is 29.3 Å². The second-order valence-corrected chi connectivity index (χ2v) is 5.36. The van der Waals surface area contributed by atoms with Gasteiger partial charge in [0.1, 0.15) is 0 Å². The Morgan fingerprint density at radius 1 is 1.22 bits per heavy atom. The first-order valence-corrected chi connectivity index (χ1v) is 6.84. The number of piperidine rings is 1. The van der Waals surface area contributed by atoms with E-state index in [1.807, 2.05) is 0 Å². The Kier molecular flexibility index (Phi) is 4.61. The summed E-state index contributed by atoms with van der Waals surface area (Å²) in [5, 5.41) is 0. The molecule has 1 aliphatic rings. The minimum Gasteiger partial charge on any atom is -0.372 e. The summed E-state index contributed by atoms with van der Waals surface area (Å²) >= 11 is 0. The van der Waals surface area contributed by atoms with Crippen LogP contribution in [0.4, 0.5) is 5.69 Å². The molecule has 0 aromatic heterocycles. The lowest BCUT2D eigenvalue weighted by Gasteiger charge is -2.33. The third-order valence-corrected chi connectivity index (χ3v) is 4.11. The van der Waals surface area contributed by atoms with Crippen LogP contribution in [0.1, 0.15) is 30.4 Å². The summed E-state index contributed by atoms with van der Waals surface area (Å²) in [5.74, 6) is 5.86. The van der Waals surface area contributed by atoms with E-state index in [0.717, 1.165) is 25.4 Å². The highest BCUT2D eigenvalue weighted by Gasteiger charge is 2.19. The molecule has 0 radical (unpaired) electrons. The maximum atomic E-state index is 5.08. The summed E-state index contributed by atoms with van der Waals surface area (Å²) in [6.45, 7) is 7.34. The zero-order valence-corrected chi connectivity index (χ0v) is 11.5. The molecule has 3 heteroatoms. The fourth-order valence-electron chi connectivity index (χ4n) is 2.64. The molecule has 0 unspecified atom stereocenters. The summed E-state index contributed by atoms with van der Waals surface area (Å²) < 4.78 is 0. The molecule has 0 spiro atoms. The molecule has 100 valence electrons. The van der Waals surface area contributed by atoms with Crippen molar-refractivity contribution in [2.45, 2.75) is 33.1 Å². The smallest absolute Gasteiger partial charge is 0.0681 e. The van der Waals surface area contributed by atoms with E-state index in [2.05, 4.69) is 41.8 Å². The monoisotopic (exact) mass is 248 g/mol. The van der Waals surface area contributed by atoms with Crippen LogP contribution in [-0.4, -0.2) is 19.7 Å². The maximum Gasteiger partial charge on any atom is 0.0681 e. The minimum atomic E-state index is 0.689. The molecule has 1 aromatic rings. The van der Waals surface area contributed by atoms with Gasteiger partial charge in [0.05, 0.1) is 6.61 Å². The first-order valence-electron chi connectivity index (χ1n) is 6.84. The molecule has 18 heavy (non-hydrogen) atoms. The zero-order valence-electron chi connectivity index (χ0n) is 11.5. The molecule has 0 saturated carbocycles. The summed E-state index contributed by atoms with van der Waals surface area (Å²) in [5.41, 5.74) is 4.12. The molecule has 0 atom stereocenters. The van der Waals surface area contributed by atoms with Crippen LogP contribution >= 0.6 is 0 Å². The predicted octanol–water partition coefficient (Wildman–Crippen LogP) is 2.80. The first-order chi connectivity index (χ1) is 8.70. The van der Waals surface area contributed by atoms with Gasteiger partial charge in [-0.15, -0.1) is 0 Å². The van der Waals surface area contributed by atoms with Gasteiger partial charge in [0.15, 0.2) is 0 Å². The largest absolute Gasteiger partial charge is 0.372 e. The number of nitrogens with zero attached hydrogens (tertiary/aromatic N) is 1. The highest BCUT2D eigenvalue weighted by molar-refractivity contribution is 5.50. The van der Waals surface area contributed by atoms with E-state index in [9.17, 15) is 0 Å². The Labute approximate surface area is 110 Å². The van der Waals surface area contributed by atoms with Gasteiger partial charge in [-0.1, -0.05) is 6.07 Å². The lowest BCUT2D eigenvalue weighted by Crippen LogP contribution is -2.34. The van der Waals surface area contributed by atoms with Gasteiger partial charge in [-0.05, 0) is 62.3 Å². The third kappa shape index (κ3) is 3.24. The van der Waals surface area contributed by atoms with Crippen LogP contribution in [0, 0.1) is 19.8 Å². The van der Waals surface area contributed by atoms with E-state index in [1.165, 1.54) is 29.7 Å². The second-order valence-electron chi connectivity index (χ2n) is 5.36. The van der Waals surface area contributed by atoms with Crippen LogP contribution in [-0.2, 0) is 4.84 Å². The first kappa shape index (κ1) is 13.4. The molecular formula is C15H24N2O. The molecule has 0 amide bonds. The average molecular weight is 248 g/mol. The quantitative estimate of drug-likeness (QED) is 0.833. The van der Waals surface area contributed by atoms with Crippen molar-refractivity contribution in [1.29, 1.82) is 0 Å². The van der Waals surface area contributed by atoms with E-state index in [4.69, 9.17) is 5.90 Å². The van der Waals surface area contributed by atoms with Gasteiger partial charge in [0.2, 0.25) is 0 Å². The number of nitrogens with two attached hydrogens (primary N) is 1. The fourth-order valence-corrected chi connectivity index (χ4v) is 2.64. The lowest BCUT2D eigenvalue weighted by atomic mass is 9.93. The lowest BCUT2D eigenvalue weighted by molar-refractivity contribution is 0.118. The third-order valence-electron chi connectivity index (χ3n) is 4.11. The molecule has 1 saturated heterocycles. The van der Waals surface area contributed by atoms with Gasteiger partial charge < -0.3 is 9.74 Å². The number of aryl methyl sites for hydroxylation is 2. The summed E-state index contributed by atoms with van der Waals surface area (Å²) in [4.78, 5) is 7.16. The molecule has 1 fully saturated rings. The highest BCUT2D eigenvalue weighted by Crippen LogP contribution is 2.26. The van der Waals surface area contributed by atoms with Crippen molar-refractivity contribution in [2.24, 2.45) is 11.8 Å². The predicted molar refractivity (Wildman–Crippen MR) is 75.6 cm³/mol. The van der Waals surface area contributed by atoms with Crippen LogP contribution in [0.5, 0.6) is 0 Å². The molecular weight excluding hydrogens is 224 g/mol. The maximum absolute atomic E-state index is 5.08. The van der Waals surface area contributed by atoms with E-state index < -0.39 is 0 Å². The summed E-state index contributed by atoms with van der Waals surface area (Å²) in [7, 11) is 0. The Bertz CT molecular complexity index is 384.